The second kappa shape index (κ2) is 7.90. The molecule has 0 heterocycles. The van der Waals surface area contributed by atoms with Crippen LogP contribution in [0.2, 0.25) is 0 Å². The van der Waals surface area contributed by atoms with Gasteiger partial charge in [0.15, 0.2) is 0 Å². The zero-order valence-electron chi connectivity index (χ0n) is 10.7. The van der Waals surface area contributed by atoms with Crippen LogP contribution in [0.15, 0.2) is 30.3 Å². The van der Waals surface area contributed by atoms with Crippen molar-refractivity contribution in [2.45, 2.75) is 19.1 Å². The van der Waals surface area contributed by atoms with Crippen molar-refractivity contribution in [3.8, 4) is 0 Å². The fraction of sp³-hybridized carbons (Fsp3) is 0.308. The first kappa shape index (κ1) is 15.6. The number of hydrogen-bond donors (Lipinski definition) is 3. The number of rotatable bonds is 7. The molecule has 1 rings (SSSR count). The molecule has 0 aromatic heterocycles. The van der Waals surface area contributed by atoms with Gasteiger partial charge in [-0.25, -0.2) is 0 Å². The molecule has 1 aromatic carbocycles. The first-order chi connectivity index (χ1) is 9.49. The molecule has 0 bridgehead atoms. The standard InChI is InChI=1S/C13H16N2O5/c14-10(13(19)15-7-11(16)17)6-12(18)20-8-9-4-2-1-3-5-9/h1-5,10H,6-8,14H2,(H,15,19)(H,16,17)/t10-/m0/s1. The van der Waals surface area contributed by atoms with Crippen molar-refractivity contribution < 1.29 is 24.2 Å². The lowest BCUT2D eigenvalue weighted by Crippen LogP contribution is -2.43. The Morgan fingerprint density at radius 3 is 2.50 bits per heavy atom. The summed E-state index contributed by atoms with van der Waals surface area (Å²) in [6.45, 7) is -0.436. The Hall–Kier alpha value is -2.41. The quantitative estimate of drug-likeness (QED) is 0.587. The van der Waals surface area contributed by atoms with E-state index in [-0.39, 0.29) is 13.0 Å². The van der Waals surface area contributed by atoms with Crippen molar-refractivity contribution in [3.63, 3.8) is 0 Å². The second-order valence-electron chi connectivity index (χ2n) is 4.07. The van der Waals surface area contributed by atoms with Crippen LogP contribution in [0.3, 0.4) is 0 Å². The fourth-order valence-corrected chi connectivity index (χ4v) is 1.36. The summed E-state index contributed by atoms with van der Waals surface area (Å²) in [6.07, 6.45) is -0.307. The molecule has 0 aliphatic carbocycles. The Morgan fingerprint density at radius 2 is 1.90 bits per heavy atom. The summed E-state index contributed by atoms with van der Waals surface area (Å²) in [4.78, 5) is 33.1. The molecule has 1 aromatic rings. The summed E-state index contributed by atoms with van der Waals surface area (Å²) in [5.74, 6) is -2.51. The maximum absolute atomic E-state index is 11.5. The van der Waals surface area contributed by atoms with Crippen molar-refractivity contribution >= 4 is 17.8 Å². The van der Waals surface area contributed by atoms with Gasteiger partial charge in [0, 0.05) is 0 Å². The molecule has 0 saturated heterocycles. The Kier molecular flexibility index (Phi) is 6.18. The third kappa shape index (κ3) is 5.96. The molecule has 7 heteroatoms. The van der Waals surface area contributed by atoms with Crippen LogP contribution in [0, 0.1) is 0 Å². The molecule has 4 N–H and O–H groups in total. The number of ether oxygens (including phenoxy) is 1. The topological polar surface area (TPSA) is 119 Å². The van der Waals surface area contributed by atoms with Gasteiger partial charge in [-0.3, -0.25) is 14.4 Å². The first-order valence-electron chi connectivity index (χ1n) is 5.93. The summed E-state index contributed by atoms with van der Waals surface area (Å²) in [6, 6.07) is 7.94. The highest BCUT2D eigenvalue weighted by Gasteiger charge is 2.18. The molecule has 108 valence electrons. The molecule has 0 spiro atoms. The largest absolute Gasteiger partial charge is 0.480 e. The van der Waals surface area contributed by atoms with Gasteiger partial charge in [-0.1, -0.05) is 30.3 Å². The number of esters is 1. The van der Waals surface area contributed by atoms with Gasteiger partial charge in [-0.05, 0) is 5.56 Å². The predicted molar refractivity (Wildman–Crippen MR) is 69.5 cm³/mol. The summed E-state index contributed by atoms with van der Waals surface area (Å²) in [5.41, 5.74) is 6.29. The number of nitrogens with two attached hydrogens (primary N) is 1. The highest BCUT2D eigenvalue weighted by atomic mass is 16.5. The van der Waals surface area contributed by atoms with E-state index < -0.39 is 30.4 Å². The van der Waals surface area contributed by atoms with Crippen LogP contribution >= 0.6 is 0 Å². The summed E-state index contributed by atoms with van der Waals surface area (Å²) < 4.78 is 4.96. The van der Waals surface area contributed by atoms with Gasteiger partial charge in [-0.2, -0.15) is 0 Å². The lowest BCUT2D eigenvalue weighted by molar-refractivity contribution is -0.146. The van der Waals surface area contributed by atoms with Gasteiger partial charge in [0.05, 0.1) is 12.5 Å². The molecule has 1 atom stereocenters. The monoisotopic (exact) mass is 280 g/mol. The van der Waals surface area contributed by atoms with Gasteiger partial charge >= 0.3 is 11.9 Å². The van der Waals surface area contributed by atoms with E-state index in [1.54, 1.807) is 12.1 Å². The third-order valence-corrected chi connectivity index (χ3v) is 2.38. The highest BCUT2D eigenvalue weighted by molar-refractivity contribution is 5.88. The number of benzene rings is 1. The number of carboxylic acids is 1. The minimum atomic E-state index is -1.18. The smallest absolute Gasteiger partial charge is 0.322 e. The molecule has 0 unspecified atom stereocenters. The highest BCUT2D eigenvalue weighted by Crippen LogP contribution is 2.02. The van der Waals surface area contributed by atoms with E-state index >= 15 is 0 Å². The van der Waals surface area contributed by atoms with Gasteiger partial charge in [0.2, 0.25) is 5.91 Å². The zero-order chi connectivity index (χ0) is 15.0. The number of carboxylic acid groups (broad SMARTS) is 1. The van der Waals surface area contributed by atoms with E-state index in [4.69, 9.17) is 15.6 Å². The zero-order valence-corrected chi connectivity index (χ0v) is 10.7. The Morgan fingerprint density at radius 1 is 1.25 bits per heavy atom. The maximum Gasteiger partial charge on any atom is 0.322 e. The average molecular weight is 280 g/mol. The van der Waals surface area contributed by atoms with Crippen molar-refractivity contribution in [3.05, 3.63) is 35.9 Å². The van der Waals surface area contributed by atoms with E-state index in [9.17, 15) is 14.4 Å². The average Bonchev–Trinajstić information content (AvgIpc) is 2.43. The van der Waals surface area contributed by atoms with Crippen molar-refractivity contribution in [1.82, 2.24) is 5.32 Å². The lowest BCUT2D eigenvalue weighted by atomic mass is 10.2. The first-order valence-corrected chi connectivity index (χ1v) is 5.93. The van der Waals surface area contributed by atoms with Crippen LogP contribution in [0.4, 0.5) is 0 Å². The van der Waals surface area contributed by atoms with Gasteiger partial charge < -0.3 is 20.9 Å². The van der Waals surface area contributed by atoms with Gasteiger partial charge in [-0.15, -0.1) is 0 Å². The number of carbonyl (C=O) groups excluding carboxylic acids is 2. The molecule has 0 fully saturated rings. The molecule has 7 nitrogen and oxygen atoms in total. The molecule has 0 aliphatic rings. The molecule has 1 amide bonds. The Labute approximate surface area is 115 Å². The molecule has 0 saturated carbocycles. The second-order valence-corrected chi connectivity index (χ2v) is 4.07. The summed E-state index contributed by atoms with van der Waals surface area (Å²) >= 11 is 0. The molecular weight excluding hydrogens is 264 g/mol. The number of amides is 1. The Bertz CT molecular complexity index is 475. The number of carbonyl (C=O) groups is 3. The van der Waals surface area contributed by atoms with Crippen LogP contribution in [0.5, 0.6) is 0 Å². The van der Waals surface area contributed by atoms with E-state index in [2.05, 4.69) is 5.32 Å². The van der Waals surface area contributed by atoms with Crippen LogP contribution in [-0.4, -0.2) is 35.5 Å². The number of nitrogens with one attached hydrogen (secondary N) is 1. The SMILES string of the molecule is N[C@@H](CC(=O)OCc1ccccc1)C(=O)NCC(=O)O. The van der Waals surface area contributed by atoms with Gasteiger partial charge in [0.1, 0.15) is 13.2 Å². The number of aliphatic carboxylic acids is 1. The molecule has 20 heavy (non-hydrogen) atoms. The third-order valence-electron chi connectivity index (χ3n) is 2.38. The molecule has 0 radical (unpaired) electrons. The minimum Gasteiger partial charge on any atom is -0.480 e. The van der Waals surface area contributed by atoms with Crippen molar-refractivity contribution in [2.24, 2.45) is 5.73 Å². The Balaban J connectivity index is 2.30. The minimum absolute atomic E-state index is 0.100. The summed E-state index contributed by atoms with van der Waals surface area (Å²) in [7, 11) is 0. The van der Waals surface area contributed by atoms with E-state index in [1.807, 2.05) is 18.2 Å². The lowest BCUT2D eigenvalue weighted by Gasteiger charge is -2.11. The molecule has 0 aliphatic heterocycles. The maximum atomic E-state index is 11.5. The van der Waals surface area contributed by atoms with Gasteiger partial charge in [0.25, 0.3) is 0 Å². The number of hydrogen-bond acceptors (Lipinski definition) is 5. The van der Waals surface area contributed by atoms with E-state index in [0.717, 1.165) is 5.56 Å². The summed E-state index contributed by atoms with van der Waals surface area (Å²) in [5, 5.41) is 10.5. The van der Waals surface area contributed by atoms with E-state index in [1.165, 1.54) is 0 Å². The van der Waals surface area contributed by atoms with Crippen molar-refractivity contribution in [2.75, 3.05) is 6.54 Å². The van der Waals surface area contributed by atoms with Crippen LogP contribution in [0.1, 0.15) is 12.0 Å². The van der Waals surface area contributed by atoms with Crippen LogP contribution in [0.25, 0.3) is 0 Å². The predicted octanol–water partition coefficient (Wildman–Crippen LogP) is -0.352. The van der Waals surface area contributed by atoms with Crippen molar-refractivity contribution in [1.29, 1.82) is 0 Å². The fourth-order valence-electron chi connectivity index (χ4n) is 1.36. The van der Waals surface area contributed by atoms with E-state index in [0.29, 0.717) is 0 Å². The normalized spacial score (nSPS) is 11.4. The molecular formula is C13H16N2O5. The van der Waals surface area contributed by atoms with Crippen LogP contribution < -0.4 is 11.1 Å². The van der Waals surface area contributed by atoms with Crippen LogP contribution in [-0.2, 0) is 25.7 Å².